The number of benzene rings is 1. The number of anilines is 1. The normalized spacial score (nSPS) is 14.3. The monoisotopic (exact) mass is 321 g/mol. The molecule has 24 heavy (non-hydrogen) atoms. The zero-order valence-electron chi connectivity index (χ0n) is 12.9. The number of esters is 1. The van der Waals surface area contributed by atoms with Crippen LogP contribution in [0.2, 0.25) is 0 Å². The van der Waals surface area contributed by atoms with Crippen molar-refractivity contribution in [2.75, 3.05) is 11.4 Å². The number of carbonyl (C=O) groups is 2. The van der Waals surface area contributed by atoms with Crippen LogP contribution >= 0.6 is 0 Å². The van der Waals surface area contributed by atoms with Gasteiger partial charge in [0.15, 0.2) is 5.69 Å². The van der Waals surface area contributed by atoms with Crippen LogP contribution in [0.4, 0.5) is 5.69 Å². The Labute approximate surface area is 138 Å². The molecule has 0 saturated carbocycles. The highest BCUT2D eigenvalue weighted by molar-refractivity contribution is 5.95. The first-order valence-corrected chi connectivity index (χ1v) is 7.77. The molecule has 1 amide bonds. The van der Waals surface area contributed by atoms with Crippen LogP contribution < -0.4 is 9.64 Å². The van der Waals surface area contributed by atoms with Gasteiger partial charge in [0.1, 0.15) is 11.4 Å². The lowest BCUT2D eigenvalue weighted by atomic mass is 10.3. The van der Waals surface area contributed by atoms with Gasteiger partial charge in [0.25, 0.3) is 0 Å². The van der Waals surface area contributed by atoms with Crippen LogP contribution in [0.15, 0.2) is 54.9 Å². The van der Waals surface area contributed by atoms with Gasteiger partial charge >= 0.3 is 5.97 Å². The van der Waals surface area contributed by atoms with Gasteiger partial charge in [0, 0.05) is 31.0 Å². The molecule has 1 aliphatic rings. The third-order valence-corrected chi connectivity index (χ3v) is 4.01. The van der Waals surface area contributed by atoms with Gasteiger partial charge in [0.05, 0.1) is 0 Å². The predicted octanol–water partition coefficient (Wildman–Crippen LogP) is 2.68. The number of imidazole rings is 1. The molecule has 1 fully saturated rings. The lowest BCUT2D eigenvalue weighted by Crippen LogP contribution is -2.23. The number of rotatable bonds is 3. The second kappa shape index (κ2) is 5.81. The van der Waals surface area contributed by atoms with Crippen LogP contribution in [0.25, 0.3) is 5.65 Å². The molecule has 1 aliphatic heterocycles. The number of amides is 1. The molecular weight excluding hydrogens is 306 g/mol. The summed E-state index contributed by atoms with van der Waals surface area (Å²) in [5, 5.41) is 0. The first-order valence-electron chi connectivity index (χ1n) is 7.77. The molecule has 3 aromatic rings. The first kappa shape index (κ1) is 14.4. The number of hydrogen-bond donors (Lipinski definition) is 0. The number of ether oxygens (including phenoxy) is 1. The van der Waals surface area contributed by atoms with Crippen LogP contribution in [-0.4, -0.2) is 27.8 Å². The Morgan fingerprint density at radius 2 is 1.96 bits per heavy atom. The van der Waals surface area contributed by atoms with Gasteiger partial charge in [-0.3, -0.25) is 4.79 Å². The summed E-state index contributed by atoms with van der Waals surface area (Å²) in [4.78, 5) is 29.9. The van der Waals surface area contributed by atoms with Crippen molar-refractivity contribution in [2.45, 2.75) is 12.8 Å². The lowest BCUT2D eigenvalue weighted by molar-refractivity contribution is -0.117. The van der Waals surface area contributed by atoms with Crippen molar-refractivity contribution in [3.8, 4) is 5.75 Å². The number of aromatic nitrogens is 2. The zero-order chi connectivity index (χ0) is 16.5. The molecule has 3 heterocycles. The van der Waals surface area contributed by atoms with E-state index < -0.39 is 5.97 Å². The highest BCUT2D eigenvalue weighted by Crippen LogP contribution is 2.24. The minimum Gasteiger partial charge on any atom is -0.422 e. The minimum atomic E-state index is -0.510. The van der Waals surface area contributed by atoms with E-state index in [1.807, 2.05) is 24.4 Å². The number of hydrogen-bond acceptors (Lipinski definition) is 4. The SMILES string of the molecule is O=C(Oc1ccc(N2CCCC2=O)cc1)c1cn2ccccc2n1. The van der Waals surface area contributed by atoms with E-state index in [0.29, 0.717) is 17.8 Å². The Morgan fingerprint density at radius 1 is 1.12 bits per heavy atom. The summed E-state index contributed by atoms with van der Waals surface area (Å²) in [6.07, 6.45) is 4.92. The summed E-state index contributed by atoms with van der Waals surface area (Å²) in [5.74, 6) is 0.0422. The highest BCUT2D eigenvalue weighted by atomic mass is 16.5. The van der Waals surface area contributed by atoms with E-state index in [0.717, 1.165) is 18.7 Å². The molecule has 2 aromatic heterocycles. The van der Waals surface area contributed by atoms with Gasteiger partial charge in [-0.25, -0.2) is 9.78 Å². The van der Waals surface area contributed by atoms with E-state index in [-0.39, 0.29) is 11.6 Å². The summed E-state index contributed by atoms with van der Waals surface area (Å²) < 4.78 is 7.12. The van der Waals surface area contributed by atoms with Crippen molar-refractivity contribution in [1.29, 1.82) is 0 Å². The first-order chi connectivity index (χ1) is 11.7. The molecule has 6 nitrogen and oxygen atoms in total. The van der Waals surface area contributed by atoms with Gasteiger partial charge in [0.2, 0.25) is 5.91 Å². The maximum atomic E-state index is 12.2. The highest BCUT2D eigenvalue weighted by Gasteiger charge is 2.21. The maximum Gasteiger partial charge on any atom is 0.363 e. The van der Waals surface area contributed by atoms with Crippen molar-refractivity contribution >= 4 is 23.2 Å². The Morgan fingerprint density at radius 3 is 2.67 bits per heavy atom. The molecule has 0 unspecified atom stereocenters. The number of fused-ring (bicyclic) bond motifs is 1. The van der Waals surface area contributed by atoms with E-state index in [1.54, 1.807) is 39.8 Å². The van der Waals surface area contributed by atoms with Crippen molar-refractivity contribution in [2.24, 2.45) is 0 Å². The Balaban J connectivity index is 1.50. The van der Waals surface area contributed by atoms with Gasteiger partial charge < -0.3 is 14.0 Å². The number of nitrogens with zero attached hydrogens (tertiary/aromatic N) is 3. The summed E-state index contributed by atoms with van der Waals surface area (Å²) in [7, 11) is 0. The standard InChI is InChI=1S/C18H15N3O3/c22-17-5-3-11-21(17)13-6-8-14(9-7-13)24-18(23)15-12-20-10-2-1-4-16(20)19-15/h1-2,4,6-10,12H,3,5,11H2. The van der Waals surface area contributed by atoms with Crippen molar-refractivity contribution < 1.29 is 14.3 Å². The van der Waals surface area contributed by atoms with E-state index in [4.69, 9.17) is 4.74 Å². The summed E-state index contributed by atoms with van der Waals surface area (Å²) >= 11 is 0. The van der Waals surface area contributed by atoms with Crippen LogP contribution in [0, 0.1) is 0 Å². The molecule has 6 heteroatoms. The molecule has 0 aliphatic carbocycles. The van der Waals surface area contributed by atoms with Gasteiger partial charge in [-0.1, -0.05) is 6.07 Å². The Hall–Kier alpha value is -3.15. The van der Waals surface area contributed by atoms with Crippen molar-refractivity contribution in [3.63, 3.8) is 0 Å². The fourth-order valence-electron chi connectivity index (χ4n) is 2.81. The summed E-state index contributed by atoms with van der Waals surface area (Å²) in [5.41, 5.74) is 1.76. The average Bonchev–Trinajstić information content (AvgIpc) is 3.21. The topological polar surface area (TPSA) is 63.9 Å². The Kier molecular flexibility index (Phi) is 3.49. The molecular formula is C18H15N3O3. The molecule has 1 saturated heterocycles. The van der Waals surface area contributed by atoms with Crippen LogP contribution in [0.5, 0.6) is 5.75 Å². The molecule has 0 spiro atoms. The molecule has 120 valence electrons. The van der Waals surface area contributed by atoms with E-state index in [9.17, 15) is 9.59 Å². The van der Waals surface area contributed by atoms with Gasteiger partial charge in [-0.05, 0) is 42.8 Å². The average molecular weight is 321 g/mol. The fourth-order valence-corrected chi connectivity index (χ4v) is 2.81. The zero-order valence-corrected chi connectivity index (χ0v) is 12.9. The fraction of sp³-hybridized carbons (Fsp3) is 0.167. The molecule has 0 bridgehead atoms. The third-order valence-electron chi connectivity index (χ3n) is 4.01. The number of carbonyl (C=O) groups excluding carboxylic acids is 2. The van der Waals surface area contributed by atoms with Gasteiger partial charge in [-0.15, -0.1) is 0 Å². The molecule has 1 aromatic carbocycles. The summed E-state index contributed by atoms with van der Waals surface area (Å²) in [6, 6.07) is 12.5. The summed E-state index contributed by atoms with van der Waals surface area (Å²) in [6.45, 7) is 0.735. The maximum absolute atomic E-state index is 12.2. The largest absolute Gasteiger partial charge is 0.422 e. The minimum absolute atomic E-state index is 0.129. The molecule has 0 atom stereocenters. The van der Waals surface area contributed by atoms with Crippen molar-refractivity contribution in [3.05, 3.63) is 60.6 Å². The van der Waals surface area contributed by atoms with E-state index in [2.05, 4.69) is 4.98 Å². The van der Waals surface area contributed by atoms with E-state index in [1.165, 1.54) is 0 Å². The smallest absolute Gasteiger partial charge is 0.363 e. The lowest BCUT2D eigenvalue weighted by Gasteiger charge is -2.15. The van der Waals surface area contributed by atoms with Crippen LogP contribution in [0.1, 0.15) is 23.3 Å². The van der Waals surface area contributed by atoms with Crippen LogP contribution in [-0.2, 0) is 4.79 Å². The van der Waals surface area contributed by atoms with Crippen molar-refractivity contribution in [1.82, 2.24) is 9.38 Å². The molecule has 0 N–H and O–H groups in total. The molecule has 4 rings (SSSR count). The number of pyridine rings is 1. The van der Waals surface area contributed by atoms with E-state index >= 15 is 0 Å². The quantitative estimate of drug-likeness (QED) is 0.549. The predicted molar refractivity (Wildman–Crippen MR) is 88.2 cm³/mol. The Bertz CT molecular complexity index is 882. The molecule has 0 radical (unpaired) electrons. The van der Waals surface area contributed by atoms with Crippen LogP contribution in [0.3, 0.4) is 0 Å². The second-order valence-corrected chi connectivity index (χ2v) is 5.62. The third kappa shape index (κ3) is 2.62. The second-order valence-electron chi connectivity index (χ2n) is 5.62. The van der Waals surface area contributed by atoms with Gasteiger partial charge in [-0.2, -0.15) is 0 Å².